The second-order valence-corrected chi connectivity index (χ2v) is 5.42. The zero-order chi connectivity index (χ0) is 11.5. The van der Waals surface area contributed by atoms with Gasteiger partial charge in [0.05, 0.1) is 0 Å². The van der Waals surface area contributed by atoms with E-state index < -0.39 is 0 Å². The Morgan fingerprint density at radius 2 is 2.06 bits per heavy atom. The topological polar surface area (TPSA) is 38.1 Å². The van der Waals surface area contributed by atoms with E-state index in [-0.39, 0.29) is 12.4 Å². The average molecular weight is 285 g/mol. The third-order valence-corrected chi connectivity index (χ3v) is 4.24. The Labute approximate surface area is 117 Å². The number of nitrogens with zero attached hydrogens (tertiary/aromatic N) is 1. The Bertz CT molecular complexity index is 463. The number of halogens is 1. The molecule has 1 aliphatic rings. The third kappa shape index (κ3) is 3.19. The van der Waals surface area contributed by atoms with Gasteiger partial charge in [-0.3, -0.25) is 0 Å². The second kappa shape index (κ2) is 6.45. The highest BCUT2D eigenvalue weighted by Crippen LogP contribution is 2.27. The van der Waals surface area contributed by atoms with Crippen molar-refractivity contribution in [3.05, 3.63) is 24.3 Å². The first-order valence-electron chi connectivity index (χ1n) is 6.11. The molecule has 0 amide bonds. The molecule has 3 nitrogen and oxygen atoms in total. The van der Waals surface area contributed by atoms with Crippen molar-refractivity contribution in [2.24, 2.45) is 5.92 Å². The quantitative estimate of drug-likeness (QED) is 0.878. The van der Waals surface area contributed by atoms with Crippen LogP contribution >= 0.6 is 24.2 Å². The van der Waals surface area contributed by atoms with Crippen LogP contribution in [0.5, 0.6) is 0 Å². The van der Waals surface area contributed by atoms with Gasteiger partial charge in [-0.05, 0) is 44.0 Å². The van der Waals surface area contributed by atoms with Crippen molar-refractivity contribution in [2.75, 3.05) is 18.8 Å². The van der Waals surface area contributed by atoms with Crippen molar-refractivity contribution in [1.29, 1.82) is 0 Å². The number of rotatable bonds is 3. The molecule has 5 heteroatoms. The lowest BCUT2D eigenvalue weighted by Gasteiger charge is -2.21. The van der Waals surface area contributed by atoms with E-state index in [1.807, 2.05) is 24.3 Å². The van der Waals surface area contributed by atoms with Crippen LogP contribution < -0.4 is 5.32 Å². The average Bonchev–Trinajstić information content (AvgIpc) is 2.80. The highest BCUT2D eigenvalue weighted by atomic mass is 35.5. The number of para-hydroxylation sites is 2. The van der Waals surface area contributed by atoms with Crippen LogP contribution in [0.1, 0.15) is 12.8 Å². The van der Waals surface area contributed by atoms with Crippen molar-refractivity contribution < 1.29 is 4.42 Å². The first kappa shape index (κ1) is 13.7. The molecule has 0 saturated carbocycles. The predicted molar refractivity (Wildman–Crippen MR) is 77.6 cm³/mol. The molecule has 1 N–H and O–H groups in total. The summed E-state index contributed by atoms with van der Waals surface area (Å²) in [5.74, 6) is 1.92. The number of benzene rings is 1. The Kier molecular flexibility index (Phi) is 4.92. The van der Waals surface area contributed by atoms with E-state index in [1.54, 1.807) is 11.8 Å². The number of fused-ring (bicyclic) bond motifs is 1. The summed E-state index contributed by atoms with van der Waals surface area (Å²) in [5, 5.41) is 4.20. The lowest BCUT2D eigenvalue weighted by Crippen LogP contribution is -2.28. The molecular formula is C13H17ClN2OS. The minimum absolute atomic E-state index is 0. The van der Waals surface area contributed by atoms with Gasteiger partial charge in [-0.25, -0.2) is 4.98 Å². The SMILES string of the molecule is Cl.c1ccc2oc(SCC3CCNCC3)nc2c1. The lowest BCUT2D eigenvalue weighted by molar-refractivity contribution is 0.406. The van der Waals surface area contributed by atoms with E-state index in [2.05, 4.69) is 10.3 Å². The van der Waals surface area contributed by atoms with Gasteiger partial charge in [-0.2, -0.15) is 0 Å². The molecule has 0 bridgehead atoms. The van der Waals surface area contributed by atoms with Crippen LogP contribution in [0, 0.1) is 5.92 Å². The first-order valence-corrected chi connectivity index (χ1v) is 7.09. The molecule has 1 aromatic heterocycles. The van der Waals surface area contributed by atoms with E-state index in [4.69, 9.17) is 4.42 Å². The standard InChI is InChI=1S/C13H16N2OS.ClH/c1-2-4-12-11(3-1)15-13(16-12)17-9-10-5-7-14-8-6-10;/h1-4,10,14H,5-9H2;1H. The van der Waals surface area contributed by atoms with E-state index in [9.17, 15) is 0 Å². The summed E-state index contributed by atoms with van der Waals surface area (Å²) in [7, 11) is 0. The van der Waals surface area contributed by atoms with E-state index in [0.717, 1.165) is 41.1 Å². The molecule has 0 unspecified atom stereocenters. The van der Waals surface area contributed by atoms with Gasteiger partial charge in [0.15, 0.2) is 5.58 Å². The normalized spacial score (nSPS) is 16.7. The minimum atomic E-state index is 0. The molecule has 1 aromatic carbocycles. The van der Waals surface area contributed by atoms with Crippen LogP contribution in [0.4, 0.5) is 0 Å². The highest BCUT2D eigenvalue weighted by molar-refractivity contribution is 7.99. The van der Waals surface area contributed by atoms with Gasteiger partial charge in [0.2, 0.25) is 0 Å². The van der Waals surface area contributed by atoms with Crippen LogP contribution in [0.2, 0.25) is 0 Å². The summed E-state index contributed by atoms with van der Waals surface area (Å²) in [4.78, 5) is 4.48. The van der Waals surface area contributed by atoms with Gasteiger partial charge in [0.1, 0.15) is 5.52 Å². The number of oxazole rings is 1. The maximum atomic E-state index is 5.70. The third-order valence-electron chi connectivity index (χ3n) is 3.18. The summed E-state index contributed by atoms with van der Waals surface area (Å²) in [6.07, 6.45) is 2.54. The fourth-order valence-electron chi connectivity index (χ4n) is 2.15. The Morgan fingerprint density at radius 3 is 2.83 bits per heavy atom. The number of aromatic nitrogens is 1. The number of hydrogen-bond donors (Lipinski definition) is 1. The van der Waals surface area contributed by atoms with Gasteiger partial charge in [-0.15, -0.1) is 12.4 Å². The summed E-state index contributed by atoms with van der Waals surface area (Å²) in [5.41, 5.74) is 1.85. The number of thioether (sulfide) groups is 1. The predicted octanol–water partition coefficient (Wildman–Crippen LogP) is 3.34. The number of piperidine rings is 1. The molecule has 1 fully saturated rings. The van der Waals surface area contributed by atoms with Gasteiger partial charge in [0.25, 0.3) is 5.22 Å². The smallest absolute Gasteiger partial charge is 0.256 e. The molecule has 3 rings (SSSR count). The van der Waals surface area contributed by atoms with Crippen molar-refractivity contribution in [2.45, 2.75) is 18.1 Å². The van der Waals surface area contributed by atoms with Gasteiger partial charge in [0, 0.05) is 5.75 Å². The second-order valence-electron chi connectivity index (χ2n) is 4.45. The highest BCUT2D eigenvalue weighted by Gasteiger charge is 2.14. The number of hydrogen-bond acceptors (Lipinski definition) is 4. The molecule has 0 atom stereocenters. The van der Waals surface area contributed by atoms with Crippen molar-refractivity contribution in [1.82, 2.24) is 10.3 Å². The molecule has 98 valence electrons. The van der Waals surface area contributed by atoms with Gasteiger partial charge in [-0.1, -0.05) is 23.9 Å². The Hall–Kier alpha value is -0.710. The Balaban J connectivity index is 0.00000120. The largest absolute Gasteiger partial charge is 0.431 e. The molecule has 2 heterocycles. The maximum absolute atomic E-state index is 5.70. The Morgan fingerprint density at radius 1 is 1.28 bits per heavy atom. The van der Waals surface area contributed by atoms with Crippen LogP contribution in [0.25, 0.3) is 11.1 Å². The zero-order valence-electron chi connectivity index (χ0n) is 10.1. The van der Waals surface area contributed by atoms with Crippen molar-refractivity contribution in [3.63, 3.8) is 0 Å². The molecule has 0 aliphatic carbocycles. The fourth-order valence-corrected chi connectivity index (χ4v) is 3.17. The summed E-state index contributed by atoms with van der Waals surface area (Å²) in [6.45, 7) is 2.30. The van der Waals surface area contributed by atoms with Crippen LogP contribution in [-0.2, 0) is 0 Å². The molecule has 0 spiro atoms. The van der Waals surface area contributed by atoms with Gasteiger partial charge < -0.3 is 9.73 Å². The molecule has 1 saturated heterocycles. The molecular weight excluding hydrogens is 268 g/mol. The van der Waals surface area contributed by atoms with Gasteiger partial charge >= 0.3 is 0 Å². The maximum Gasteiger partial charge on any atom is 0.256 e. The van der Waals surface area contributed by atoms with Crippen LogP contribution in [0.15, 0.2) is 33.9 Å². The summed E-state index contributed by atoms with van der Waals surface area (Å²) >= 11 is 1.75. The van der Waals surface area contributed by atoms with E-state index in [1.165, 1.54) is 12.8 Å². The monoisotopic (exact) mass is 284 g/mol. The van der Waals surface area contributed by atoms with Crippen LogP contribution in [0.3, 0.4) is 0 Å². The zero-order valence-corrected chi connectivity index (χ0v) is 11.7. The first-order chi connectivity index (χ1) is 8.42. The molecule has 18 heavy (non-hydrogen) atoms. The summed E-state index contributed by atoms with van der Waals surface area (Å²) < 4.78 is 5.70. The fraction of sp³-hybridized carbons (Fsp3) is 0.462. The van der Waals surface area contributed by atoms with E-state index in [0.29, 0.717) is 0 Å². The van der Waals surface area contributed by atoms with Crippen molar-refractivity contribution in [3.8, 4) is 0 Å². The molecule has 2 aromatic rings. The lowest BCUT2D eigenvalue weighted by atomic mass is 10.0. The molecule has 1 aliphatic heterocycles. The minimum Gasteiger partial charge on any atom is -0.431 e. The van der Waals surface area contributed by atoms with E-state index >= 15 is 0 Å². The number of nitrogens with one attached hydrogen (secondary N) is 1. The summed E-state index contributed by atoms with van der Waals surface area (Å²) in [6, 6.07) is 7.94. The molecule has 0 radical (unpaired) electrons. The van der Waals surface area contributed by atoms with Crippen LogP contribution in [-0.4, -0.2) is 23.8 Å². The van der Waals surface area contributed by atoms with Crippen molar-refractivity contribution >= 4 is 35.3 Å².